The summed E-state index contributed by atoms with van der Waals surface area (Å²) >= 11 is 0. The first-order valence-electron chi connectivity index (χ1n) is 13.6. The molecule has 0 bridgehead atoms. The van der Waals surface area contributed by atoms with E-state index in [1.54, 1.807) is 0 Å². The fraction of sp³-hybridized carbons (Fsp3) is 0.586. The number of amides is 2. The van der Waals surface area contributed by atoms with Crippen LogP contribution in [0.15, 0.2) is 24.3 Å². The Balaban J connectivity index is 1.25. The summed E-state index contributed by atoms with van der Waals surface area (Å²) in [6, 6.07) is 8.46. The van der Waals surface area contributed by atoms with E-state index in [2.05, 4.69) is 27.0 Å². The van der Waals surface area contributed by atoms with Gasteiger partial charge in [0, 0.05) is 56.5 Å². The summed E-state index contributed by atoms with van der Waals surface area (Å²) in [5, 5.41) is 0. The molecule has 0 spiro atoms. The van der Waals surface area contributed by atoms with Gasteiger partial charge in [0.15, 0.2) is 0 Å². The van der Waals surface area contributed by atoms with Crippen molar-refractivity contribution in [3.05, 3.63) is 52.5 Å². The second kappa shape index (κ2) is 10.2. The molecule has 3 aliphatic rings. The molecule has 7 nitrogen and oxygen atoms in total. The number of fused-ring (bicyclic) bond motifs is 1. The van der Waals surface area contributed by atoms with Crippen LogP contribution in [0.2, 0.25) is 0 Å². The number of piperidine rings is 1. The second-order valence-electron chi connectivity index (χ2n) is 10.9. The number of carbonyl (C=O) groups excluding carboxylic acids is 2. The molecule has 1 atom stereocenters. The maximum Gasteiger partial charge on any atom is 0.253 e. The fourth-order valence-corrected chi connectivity index (χ4v) is 6.44. The smallest absolute Gasteiger partial charge is 0.253 e. The van der Waals surface area contributed by atoms with Crippen molar-refractivity contribution < 1.29 is 9.59 Å². The molecule has 2 aromatic rings. The quantitative estimate of drug-likeness (QED) is 0.620. The minimum atomic E-state index is 0.0698. The van der Waals surface area contributed by atoms with Crippen molar-refractivity contribution in [2.45, 2.75) is 77.3 Å². The molecule has 2 heterocycles. The van der Waals surface area contributed by atoms with Gasteiger partial charge in [0.05, 0.1) is 6.04 Å². The molecule has 1 aromatic heterocycles. The first-order valence-corrected chi connectivity index (χ1v) is 13.6. The van der Waals surface area contributed by atoms with E-state index < -0.39 is 0 Å². The van der Waals surface area contributed by atoms with Crippen molar-refractivity contribution in [2.24, 2.45) is 5.92 Å². The normalized spacial score (nSPS) is 20.4. The zero-order chi connectivity index (χ0) is 25.4. The van der Waals surface area contributed by atoms with E-state index in [-0.39, 0.29) is 29.8 Å². The van der Waals surface area contributed by atoms with Gasteiger partial charge in [-0.25, -0.2) is 9.97 Å². The van der Waals surface area contributed by atoms with E-state index in [1.165, 1.54) is 5.56 Å². The highest BCUT2D eigenvalue weighted by molar-refractivity contribution is 5.94. The molecule has 1 saturated carbocycles. The van der Waals surface area contributed by atoms with Gasteiger partial charge in [-0.1, -0.05) is 18.9 Å². The van der Waals surface area contributed by atoms with Crippen LogP contribution in [0.3, 0.4) is 0 Å². The molecule has 5 rings (SSSR count). The van der Waals surface area contributed by atoms with E-state index in [0.29, 0.717) is 0 Å². The highest BCUT2D eigenvalue weighted by Crippen LogP contribution is 2.38. The maximum absolute atomic E-state index is 13.5. The summed E-state index contributed by atoms with van der Waals surface area (Å²) in [6.07, 6.45) is 8.09. The van der Waals surface area contributed by atoms with Crippen molar-refractivity contribution in [3.63, 3.8) is 0 Å². The Morgan fingerprint density at radius 2 is 1.64 bits per heavy atom. The Hall–Kier alpha value is -2.96. The Morgan fingerprint density at radius 3 is 2.33 bits per heavy atom. The summed E-state index contributed by atoms with van der Waals surface area (Å²) in [7, 11) is 3.89. The lowest BCUT2D eigenvalue weighted by atomic mass is 9.99. The summed E-state index contributed by atoms with van der Waals surface area (Å²) < 4.78 is 0. The van der Waals surface area contributed by atoms with Crippen molar-refractivity contribution >= 4 is 17.6 Å². The third-order valence-corrected chi connectivity index (χ3v) is 8.57. The van der Waals surface area contributed by atoms with E-state index in [1.807, 2.05) is 49.9 Å². The number of anilines is 1. The van der Waals surface area contributed by atoms with Gasteiger partial charge in [0.25, 0.3) is 5.91 Å². The van der Waals surface area contributed by atoms with Crippen LogP contribution in [-0.4, -0.2) is 64.8 Å². The molecule has 0 unspecified atom stereocenters. The van der Waals surface area contributed by atoms with Gasteiger partial charge >= 0.3 is 0 Å². The molecule has 2 fully saturated rings. The Kier molecular flexibility index (Phi) is 7.00. The summed E-state index contributed by atoms with van der Waals surface area (Å²) in [6.45, 7) is 5.68. The SMILES string of the molecule is Cc1cc(N2CCC(N(C)C(=O)c3ccc4c(c3)[C@H](N(C)C(=O)C3CCCC3)CC4)CC2)nc(C)n1. The second-order valence-corrected chi connectivity index (χ2v) is 10.9. The largest absolute Gasteiger partial charge is 0.356 e. The van der Waals surface area contributed by atoms with E-state index in [4.69, 9.17) is 0 Å². The standard InChI is InChI=1S/C29H39N5O2/c1-19-17-27(31-20(2)30-19)34-15-13-24(14-16-34)32(3)29(36)23-10-9-21-11-12-26(25(21)18-23)33(4)28(35)22-7-5-6-8-22/h9-10,17-18,22,24,26H,5-8,11-16H2,1-4H3/t26-/m1/s1. The number of carbonyl (C=O) groups is 2. The van der Waals surface area contributed by atoms with Gasteiger partial charge in [0.2, 0.25) is 5.91 Å². The lowest BCUT2D eigenvalue weighted by Crippen LogP contribution is -2.46. The Labute approximate surface area is 214 Å². The van der Waals surface area contributed by atoms with Gasteiger partial charge in [-0.05, 0) is 75.6 Å². The molecule has 2 amide bonds. The highest BCUT2D eigenvalue weighted by atomic mass is 16.2. The van der Waals surface area contributed by atoms with Crippen LogP contribution in [0.1, 0.15) is 84.0 Å². The van der Waals surface area contributed by atoms with E-state index >= 15 is 0 Å². The average Bonchev–Trinajstić information content (AvgIpc) is 3.56. The summed E-state index contributed by atoms with van der Waals surface area (Å²) in [5.41, 5.74) is 4.15. The number of aromatic nitrogens is 2. The van der Waals surface area contributed by atoms with Crippen LogP contribution in [0.25, 0.3) is 0 Å². The van der Waals surface area contributed by atoms with Gasteiger partial charge in [-0.3, -0.25) is 9.59 Å². The number of hydrogen-bond donors (Lipinski definition) is 0. The highest BCUT2D eigenvalue weighted by Gasteiger charge is 2.34. The first-order chi connectivity index (χ1) is 17.3. The van der Waals surface area contributed by atoms with Gasteiger partial charge in [-0.15, -0.1) is 0 Å². The van der Waals surface area contributed by atoms with Gasteiger partial charge < -0.3 is 14.7 Å². The maximum atomic E-state index is 13.5. The van der Waals surface area contributed by atoms with Crippen LogP contribution in [0.5, 0.6) is 0 Å². The number of hydrogen-bond acceptors (Lipinski definition) is 5. The topological polar surface area (TPSA) is 69.6 Å². The zero-order valence-electron chi connectivity index (χ0n) is 22.2. The first kappa shape index (κ1) is 24.7. The summed E-state index contributed by atoms with van der Waals surface area (Å²) in [4.78, 5) is 41.8. The Bertz CT molecular complexity index is 1110. The Morgan fingerprint density at radius 1 is 0.917 bits per heavy atom. The van der Waals surface area contributed by atoms with Crippen LogP contribution < -0.4 is 4.90 Å². The molecule has 1 aromatic carbocycles. The van der Waals surface area contributed by atoms with Crippen molar-refractivity contribution in [1.82, 2.24) is 19.8 Å². The van der Waals surface area contributed by atoms with Crippen molar-refractivity contribution in [2.75, 3.05) is 32.1 Å². The number of rotatable bonds is 5. The molecule has 1 aliphatic heterocycles. The molecule has 0 N–H and O–H groups in total. The third kappa shape index (κ3) is 4.84. The minimum Gasteiger partial charge on any atom is -0.356 e. The van der Waals surface area contributed by atoms with E-state index in [9.17, 15) is 9.59 Å². The number of benzene rings is 1. The number of nitrogens with zero attached hydrogens (tertiary/aromatic N) is 5. The molecule has 36 heavy (non-hydrogen) atoms. The minimum absolute atomic E-state index is 0.0698. The molecule has 1 saturated heterocycles. The molecule has 2 aliphatic carbocycles. The van der Waals surface area contributed by atoms with Crippen molar-refractivity contribution in [3.8, 4) is 0 Å². The van der Waals surface area contributed by atoms with Gasteiger partial charge in [0.1, 0.15) is 11.6 Å². The third-order valence-electron chi connectivity index (χ3n) is 8.57. The molecule has 0 radical (unpaired) electrons. The monoisotopic (exact) mass is 489 g/mol. The van der Waals surface area contributed by atoms with Crippen LogP contribution in [-0.2, 0) is 11.2 Å². The average molecular weight is 490 g/mol. The molecular weight excluding hydrogens is 450 g/mol. The van der Waals surface area contributed by atoms with Crippen LogP contribution >= 0.6 is 0 Å². The number of aryl methyl sites for hydroxylation is 3. The van der Waals surface area contributed by atoms with Crippen LogP contribution in [0.4, 0.5) is 5.82 Å². The molecule has 192 valence electrons. The van der Waals surface area contributed by atoms with Crippen molar-refractivity contribution in [1.29, 1.82) is 0 Å². The molecular formula is C29H39N5O2. The zero-order valence-corrected chi connectivity index (χ0v) is 22.2. The predicted octanol–water partition coefficient (Wildman–Crippen LogP) is 4.47. The van der Waals surface area contributed by atoms with Crippen LogP contribution in [0, 0.1) is 19.8 Å². The lowest BCUT2D eigenvalue weighted by Gasteiger charge is -2.37. The summed E-state index contributed by atoms with van der Waals surface area (Å²) in [5.74, 6) is 2.30. The predicted molar refractivity (Wildman–Crippen MR) is 141 cm³/mol. The lowest BCUT2D eigenvalue weighted by molar-refractivity contribution is -0.136. The van der Waals surface area contributed by atoms with E-state index in [0.717, 1.165) is 92.9 Å². The fourth-order valence-electron chi connectivity index (χ4n) is 6.44. The van der Waals surface area contributed by atoms with Gasteiger partial charge in [-0.2, -0.15) is 0 Å². The molecule has 7 heteroatoms.